The van der Waals surface area contributed by atoms with Gasteiger partial charge in [0.1, 0.15) is 0 Å². The molecule has 0 spiro atoms. The Bertz CT molecular complexity index is 798. The van der Waals surface area contributed by atoms with Gasteiger partial charge in [-0.25, -0.2) is 0 Å². The minimum absolute atomic E-state index is 0. The van der Waals surface area contributed by atoms with Crippen molar-refractivity contribution in [3.63, 3.8) is 0 Å². The van der Waals surface area contributed by atoms with E-state index >= 15 is 0 Å². The van der Waals surface area contributed by atoms with E-state index in [4.69, 9.17) is 0 Å². The zero-order chi connectivity index (χ0) is 15.9. The van der Waals surface area contributed by atoms with Crippen LogP contribution in [0.5, 0.6) is 0 Å². The summed E-state index contributed by atoms with van der Waals surface area (Å²) in [5, 5.41) is 0. The fraction of sp³-hybridized carbons (Fsp3) is 0. The molecule has 24 heavy (non-hydrogen) atoms. The van der Waals surface area contributed by atoms with Crippen LogP contribution in [0.15, 0.2) is 103 Å². The molecule has 0 saturated heterocycles. The largest absolute Gasteiger partial charge is 0.748 e. The SMILES string of the molecule is F[c-]1ccc(-c2ccccc2)c1-c1ccccc1.[Ti].[cH-]1[cH-][cH-][cH-][cH-]1. The van der Waals surface area contributed by atoms with Crippen LogP contribution in [-0.2, 0) is 21.7 Å². The van der Waals surface area contributed by atoms with Crippen molar-refractivity contribution in [3.8, 4) is 22.3 Å². The smallest absolute Gasteiger partial charge is 0.0359 e. The third-order valence-electron chi connectivity index (χ3n) is 3.61. The van der Waals surface area contributed by atoms with E-state index in [9.17, 15) is 4.39 Å². The summed E-state index contributed by atoms with van der Waals surface area (Å²) in [6.45, 7) is 0. The number of hydrogen-bond donors (Lipinski definition) is 0. The molecule has 0 atom stereocenters. The molecule has 0 fully saturated rings. The molecule has 122 valence electrons. The van der Waals surface area contributed by atoms with Crippen LogP contribution in [-0.4, -0.2) is 0 Å². The molecule has 0 aliphatic carbocycles. The molecular formula is C22H17FTi-6. The predicted molar refractivity (Wildman–Crippen MR) is 94.9 cm³/mol. The molecule has 0 aliphatic rings. The molecule has 0 N–H and O–H groups in total. The first-order valence-electron chi connectivity index (χ1n) is 7.59. The zero-order valence-corrected chi connectivity index (χ0v) is 14.8. The maximum atomic E-state index is 14.0. The Kier molecular flexibility index (Phi) is 6.93. The van der Waals surface area contributed by atoms with Crippen LogP contribution < -0.4 is 0 Å². The van der Waals surface area contributed by atoms with E-state index in [0.29, 0.717) is 5.56 Å². The van der Waals surface area contributed by atoms with E-state index in [0.717, 1.165) is 16.7 Å². The summed E-state index contributed by atoms with van der Waals surface area (Å²) in [4.78, 5) is 0. The van der Waals surface area contributed by atoms with Gasteiger partial charge in [0.05, 0.1) is 0 Å². The Morgan fingerprint density at radius 1 is 0.625 bits per heavy atom. The van der Waals surface area contributed by atoms with Crippen molar-refractivity contribution in [2.75, 3.05) is 0 Å². The fourth-order valence-electron chi connectivity index (χ4n) is 2.53. The zero-order valence-electron chi connectivity index (χ0n) is 13.2. The second kappa shape index (κ2) is 9.17. The van der Waals surface area contributed by atoms with E-state index in [1.54, 1.807) is 0 Å². The molecule has 0 unspecified atom stereocenters. The van der Waals surface area contributed by atoms with Gasteiger partial charge in [0.25, 0.3) is 0 Å². The normalized spacial score (nSPS) is 9.54. The monoisotopic (exact) mass is 348 g/mol. The van der Waals surface area contributed by atoms with Gasteiger partial charge >= 0.3 is 0 Å². The summed E-state index contributed by atoms with van der Waals surface area (Å²) >= 11 is 0. The molecule has 0 radical (unpaired) electrons. The number of benzene rings is 2. The molecule has 0 heterocycles. The van der Waals surface area contributed by atoms with Gasteiger partial charge in [-0.2, -0.15) is 6.07 Å². The van der Waals surface area contributed by atoms with Crippen molar-refractivity contribution in [2.24, 2.45) is 0 Å². The number of rotatable bonds is 2. The summed E-state index contributed by atoms with van der Waals surface area (Å²) < 4.78 is 14.0. The van der Waals surface area contributed by atoms with Gasteiger partial charge in [0.2, 0.25) is 0 Å². The molecule has 0 nitrogen and oxygen atoms in total. The van der Waals surface area contributed by atoms with Crippen molar-refractivity contribution in [2.45, 2.75) is 0 Å². The molecule has 4 aromatic carbocycles. The Balaban J connectivity index is 0.000000300. The average molecular weight is 348 g/mol. The minimum atomic E-state index is -0.167. The van der Waals surface area contributed by atoms with E-state index in [1.165, 1.54) is 6.07 Å². The van der Waals surface area contributed by atoms with Crippen molar-refractivity contribution < 1.29 is 26.1 Å². The van der Waals surface area contributed by atoms with Crippen molar-refractivity contribution in [1.29, 1.82) is 0 Å². The van der Waals surface area contributed by atoms with Crippen LogP contribution >= 0.6 is 0 Å². The first kappa shape index (κ1) is 18.1. The third-order valence-corrected chi connectivity index (χ3v) is 3.61. The molecule has 4 aromatic rings. The average Bonchev–Trinajstić information content (AvgIpc) is 3.29. The maximum Gasteiger partial charge on any atom is 0.0359 e. The molecule has 0 aromatic heterocycles. The summed E-state index contributed by atoms with van der Waals surface area (Å²) in [5.74, 6) is -0.167. The van der Waals surface area contributed by atoms with E-state index in [1.807, 2.05) is 97.1 Å². The molecule has 0 bridgehead atoms. The second-order valence-corrected chi connectivity index (χ2v) is 5.16. The van der Waals surface area contributed by atoms with Crippen LogP contribution in [0.25, 0.3) is 22.3 Å². The number of halogens is 1. The van der Waals surface area contributed by atoms with Crippen LogP contribution in [0, 0.1) is 5.82 Å². The minimum Gasteiger partial charge on any atom is -0.748 e. The molecule has 2 heteroatoms. The van der Waals surface area contributed by atoms with Gasteiger partial charge in [-0.3, -0.25) is 4.39 Å². The molecular weight excluding hydrogens is 331 g/mol. The second-order valence-electron chi connectivity index (χ2n) is 5.16. The molecule has 4 rings (SSSR count). The quantitative estimate of drug-likeness (QED) is 0.295. The summed E-state index contributed by atoms with van der Waals surface area (Å²) in [5.41, 5.74) is 3.58. The Labute approximate surface area is 157 Å². The van der Waals surface area contributed by atoms with Gasteiger partial charge in [-0.05, 0) is 0 Å². The van der Waals surface area contributed by atoms with Crippen LogP contribution in [0.3, 0.4) is 0 Å². The summed E-state index contributed by atoms with van der Waals surface area (Å²) in [6, 6.07) is 32.9. The van der Waals surface area contributed by atoms with Gasteiger partial charge in [-0.15, -0.1) is 17.2 Å². The summed E-state index contributed by atoms with van der Waals surface area (Å²) in [6.07, 6.45) is 0. The first-order valence-corrected chi connectivity index (χ1v) is 7.59. The van der Waals surface area contributed by atoms with Gasteiger partial charge in [0.15, 0.2) is 0 Å². The summed E-state index contributed by atoms with van der Waals surface area (Å²) in [7, 11) is 0. The molecule has 0 amide bonds. The predicted octanol–water partition coefficient (Wildman–Crippen LogP) is 6.28. The van der Waals surface area contributed by atoms with E-state index in [-0.39, 0.29) is 27.5 Å². The van der Waals surface area contributed by atoms with E-state index in [2.05, 4.69) is 0 Å². The van der Waals surface area contributed by atoms with Crippen molar-refractivity contribution in [3.05, 3.63) is 109 Å². The molecule has 0 aliphatic heterocycles. The number of hydrogen-bond acceptors (Lipinski definition) is 0. The standard InChI is InChI=1S/C17H12F.C5H5.Ti/c18-16-12-11-15(13-7-3-1-4-8-13)17(16)14-9-5-2-6-10-14;1-2-4-5-3-1;/h1-12H;1-5H;/q-1;-5;. The van der Waals surface area contributed by atoms with Gasteiger partial charge < -0.3 is 30.3 Å². The topological polar surface area (TPSA) is 0 Å². The molecule has 0 saturated carbocycles. The maximum absolute atomic E-state index is 14.0. The first-order chi connectivity index (χ1) is 11.4. The van der Waals surface area contributed by atoms with E-state index < -0.39 is 0 Å². The third kappa shape index (κ3) is 4.41. The fourth-order valence-corrected chi connectivity index (χ4v) is 2.53. The Hall–Kier alpha value is -2.22. The van der Waals surface area contributed by atoms with Crippen LogP contribution in [0.1, 0.15) is 0 Å². The van der Waals surface area contributed by atoms with Crippen LogP contribution in [0.2, 0.25) is 0 Å². The Morgan fingerprint density at radius 3 is 1.58 bits per heavy atom. The van der Waals surface area contributed by atoms with Crippen molar-refractivity contribution in [1.82, 2.24) is 0 Å². The van der Waals surface area contributed by atoms with Crippen LogP contribution in [0.4, 0.5) is 4.39 Å². The van der Waals surface area contributed by atoms with Gasteiger partial charge in [0, 0.05) is 27.5 Å². The van der Waals surface area contributed by atoms with Crippen molar-refractivity contribution >= 4 is 0 Å². The Morgan fingerprint density at radius 2 is 1.08 bits per heavy atom. The van der Waals surface area contributed by atoms with Gasteiger partial charge in [-0.1, -0.05) is 71.8 Å².